The van der Waals surface area contributed by atoms with Gasteiger partial charge in [0.1, 0.15) is 0 Å². The molecule has 7 nitrogen and oxygen atoms in total. The molecule has 0 radical (unpaired) electrons. The molecule has 0 bridgehead atoms. The molecule has 8 heteroatoms. The van der Waals surface area contributed by atoms with Crippen LogP contribution in [0.15, 0.2) is 4.99 Å². The lowest BCUT2D eigenvalue weighted by molar-refractivity contribution is 0.292. The summed E-state index contributed by atoms with van der Waals surface area (Å²) in [5.41, 5.74) is 0. The summed E-state index contributed by atoms with van der Waals surface area (Å²) >= 11 is 0. The first-order valence-corrected chi connectivity index (χ1v) is 10.7. The average Bonchev–Trinajstić information content (AvgIpc) is 2.89. The number of hydrogen-bond acceptors (Lipinski definition) is 4. The minimum atomic E-state index is -3.01. The summed E-state index contributed by atoms with van der Waals surface area (Å²) in [6, 6.07) is 0.335. The van der Waals surface area contributed by atoms with Gasteiger partial charge in [-0.2, -0.15) is 0 Å². The summed E-state index contributed by atoms with van der Waals surface area (Å²) in [5, 5.41) is 6.58. The number of hydrogen-bond donors (Lipinski definition) is 2. The van der Waals surface area contributed by atoms with Crippen molar-refractivity contribution in [2.75, 3.05) is 52.1 Å². The Morgan fingerprint density at radius 1 is 1.33 bits per heavy atom. The monoisotopic (exact) mass is 361 g/mol. The molecule has 0 saturated carbocycles. The minimum absolute atomic E-state index is 0.281. The van der Waals surface area contributed by atoms with Crippen LogP contribution < -0.4 is 10.6 Å². The fraction of sp³-hybridized carbons (Fsp3) is 0.938. The maximum atomic E-state index is 11.8. The topological polar surface area (TPSA) is 77.0 Å². The zero-order chi connectivity index (χ0) is 18.0. The van der Waals surface area contributed by atoms with E-state index in [1.54, 1.807) is 11.4 Å². The van der Waals surface area contributed by atoms with Crippen LogP contribution in [0.4, 0.5) is 0 Å². The van der Waals surface area contributed by atoms with E-state index in [1.165, 1.54) is 0 Å². The standard InChI is InChI=1S/C16H35N5O2S/c1-5-20(6-2)11-7-9-15(3)19-16(17-4)18-10-13-21-12-8-14-24(21,22)23/h15H,5-14H2,1-4H3,(H2,17,18,19). The van der Waals surface area contributed by atoms with Crippen molar-refractivity contribution in [2.45, 2.75) is 46.1 Å². The lowest BCUT2D eigenvalue weighted by Gasteiger charge is -2.21. The van der Waals surface area contributed by atoms with Crippen LogP contribution in [0.3, 0.4) is 0 Å². The van der Waals surface area contributed by atoms with Gasteiger partial charge in [-0.25, -0.2) is 12.7 Å². The van der Waals surface area contributed by atoms with Gasteiger partial charge >= 0.3 is 0 Å². The number of nitrogens with one attached hydrogen (secondary N) is 2. The summed E-state index contributed by atoms with van der Waals surface area (Å²) in [4.78, 5) is 6.65. The number of rotatable bonds is 10. The van der Waals surface area contributed by atoms with Crippen molar-refractivity contribution in [2.24, 2.45) is 4.99 Å². The Morgan fingerprint density at radius 2 is 2.04 bits per heavy atom. The van der Waals surface area contributed by atoms with Crippen LogP contribution in [0.1, 0.15) is 40.0 Å². The Hall–Kier alpha value is -0.860. The molecule has 142 valence electrons. The largest absolute Gasteiger partial charge is 0.355 e. The highest BCUT2D eigenvalue weighted by Crippen LogP contribution is 2.11. The van der Waals surface area contributed by atoms with Crippen molar-refractivity contribution < 1.29 is 8.42 Å². The van der Waals surface area contributed by atoms with E-state index in [0.717, 1.165) is 44.9 Å². The van der Waals surface area contributed by atoms with Crippen LogP contribution in [0.5, 0.6) is 0 Å². The molecule has 1 atom stereocenters. The third kappa shape index (κ3) is 7.36. The molecule has 1 unspecified atom stereocenters. The SMILES string of the molecule is CCN(CC)CCCC(C)NC(=NC)NCCN1CCCS1(=O)=O. The van der Waals surface area contributed by atoms with Crippen molar-refractivity contribution in [3.05, 3.63) is 0 Å². The summed E-state index contributed by atoms with van der Waals surface area (Å²) < 4.78 is 25.1. The lowest BCUT2D eigenvalue weighted by atomic mass is 10.2. The van der Waals surface area contributed by atoms with Gasteiger partial charge in [-0.1, -0.05) is 13.8 Å². The molecule has 0 aromatic rings. The number of aliphatic imine (C=N–C) groups is 1. The van der Waals surface area contributed by atoms with Gasteiger partial charge in [-0.15, -0.1) is 0 Å². The van der Waals surface area contributed by atoms with Gasteiger partial charge in [0.05, 0.1) is 5.75 Å². The third-order valence-corrected chi connectivity index (χ3v) is 6.43. The Bertz CT molecular complexity index is 477. The summed E-state index contributed by atoms with van der Waals surface area (Å²) in [6.45, 7) is 11.6. The molecule has 0 spiro atoms. The van der Waals surface area contributed by atoms with Crippen LogP contribution in [0.25, 0.3) is 0 Å². The molecule has 0 aliphatic carbocycles. The Labute approximate surface area is 147 Å². The van der Waals surface area contributed by atoms with E-state index in [-0.39, 0.29) is 5.75 Å². The summed E-state index contributed by atoms with van der Waals surface area (Å²) in [6.07, 6.45) is 2.97. The minimum Gasteiger partial charge on any atom is -0.355 e. The van der Waals surface area contributed by atoms with Gasteiger partial charge in [0, 0.05) is 32.7 Å². The molecule has 1 aliphatic heterocycles. The molecule has 24 heavy (non-hydrogen) atoms. The molecule has 0 aromatic carbocycles. The average molecular weight is 362 g/mol. The first kappa shape index (κ1) is 21.2. The van der Waals surface area contributed by atoms with E-state index in [4.69, 9.17) is 0 Å². The van der Waals surface area contributed by atoms with E-state index in [0.29, 0.717) is 25.7 Å². The Morgan fingerprint density at radius 3 is 2.58 bits per heavy atom. The quantitative estimate of drug-likeness (QED) is 0.442. The molecule has 0 aromatic heterocycles. The van der Waals surface area contributed by atoms with Crippen molar-refractivity contribution >= 4 is 16.0 Å². The van der Waals surface area contributed by atoms with E-state index in [1.807, 2.05) is 0 Å². The fourth-order valence-corrected chi connectivity index (χ4v) is 4.43. The highest BCUT2D eigenvalue weighted by molar-refractivity contribution is 7.89. The molecule has 2 N–H and O–H groups in total. The number of sulfonamides is 1. The first-order valence-electron chi connectivity index (χ1n) is 9.10. The maximum absolute atomic E-state index is 11.8. The number of guanidine groups is 1. The van der Waals surface area contributed by atoms with Crippen molar-refractivity contribution in [3.8, 4) is 0 Å². The molecular formula is C16H35N5O2S. The normalized spacial score (nSPS) is 19.6. The second kappa shape index (κ2) is 10.9. The summed E-state index contributed by atoms with van der Waals surface area (Å²) in [5.74, 6) is 1.02. The number of nitrogens with zero attached hydrogens (tertiary/aromatic N) is 3. The lowest BCUT2D eigenvalue weighted by Crippen LogP contribution is -2.45. The predicted octanol–water partition coefficient (Wildman–Crippen LogP) is 0.697. The van der Waals surface area contributed by atoms with Gasteiger partial charge in [0.15, 0.2) is 5.96 Å². The smallest absolute Gasteiger partial charge is 0.214 e. The van der Waals surface area contributed by atoms with Gasteiger partial charge < -0.3 is 15.5 Å². The predicted molar refractivity (Wildman–Crippen MR) is 101 cm³/mol. The van der Waals surface area contributed by atoms with Crippen molar-refractivity contribution in [1.29, 1.82) is 0 Å². The molecule has 1 saturated heterocycles. The summed E-state index contributed by atoms with van der Waals surface area (Å²) in [7, 11) is -1.27. The zero-order valence-electron chi connectivity index (χ0n) is 15.7. The fourth-order valence-electron chi connectivity index (χ4n) is 2.90. The van der Waals surface area contributed by atoms with Crippen molar-refractivity contribution in [1.82, 2.24) is 19.8 Å². The van der Waals surface area contributed by atoms with Gasteiger partial charge in [-0.3, -0.25) is 4.99 Å². The second-order valence-corrected chi connectivity index (χ2v) is 8.37. The molecular weight excluding hydrogens is 326 g/mol. The highest BCUT2D eigenvalue weighted by atomic mass is 32.2. The highest BCUT2D eigenvalue weighted by Gasteiger charge is 2.27. The second-order valence-electron chi connectivity index (χ2n) is 6.28. The van der Waals surface area contributed by atoms with E-state index in [2.05, 4.69) is 41.3 Å². The molecule has 1 aliphatic rings. The van der Waals surface area contributed by atoms with Crippen LogP contribution >= 0.6 is 0 Å². The first-order chi connectivity index (χ1) is 11.4. The van der Waals surface area contributed by atoms with E-state index in [9.17, 15) is 8.42 Å². The van der Waals surface area contributed by atoms with Gasteiger partial charge in [-0.05, 0) is 45.8 Å². The van der Waals surface area contributed by atoms with Gasteiger partial charge in [0.2, 0.25) is 10.0 Å². The molecule has 1 fully saturated rings. The van der Waals surface area contributed by atoms with Crippen LogP contribution in [-0.4, -0.2) is 81.7 Å². The Kier molecular flexibility index (Phi) is 9.61. The molecule has 1 heterocycles. The zero-order valence-corrected chi connectivity index (χ0v) is 16.5. The van der Waals surface area contributed by atoms with Crippen LogP contribution in [0, 0.1) is 0 Å². The molecule has 0 amide bonds. The van der Waals surface area contributed by atoms with E-state index >= 15 is 0 Å². The Balaban J connectivity index is 2.24. The van der Waals surface area contributed by atoms with Crippen molar-refractivity contribution in [3.63, 3.8) is 0 Å². The van der Waals surface area contributed by atoms with Gasteiger partial charge in [0.25, 0.3) is 0 Å². The van der Waals surface area contributed by atoms with E-state index < -0.39 is 10.0 Å². The van der Waals surface area contributed by atoms with Crippen LogP contribution in [-0.2, 0) is 10.0 Å². The van der Waals surface area contributed by atoms with Crippen LogP contribution in [0.2, 0.25) is 0 Å². The molecule has 1 rings (SSSR count). The maximum Gasteiger partial charge on any atom is 0.214 e. The third-order valence-electron chi connectivity index (χ3n) is 4.47.